The number of carboxylic acids is 1. The predicted molar refractivity (Wildman–Crippen MR) is 75.1 cm³/mol. The van der Waals surface area contributed by atoms with E-state index < -0.39 is 5.97 Å². The lowest BCUT2D eigenvalue weighted by molar-refractivity contribution is -0.135. The van der Waals surface area contributed by atoms with E-state index in [1.54, 1.807) is 24.3 Å². The van der Waals surface area contributed by atoms with Crippen LogP contribution in [0.4, 0.5) is 0 Å². The molecule has 0 aliphatic rings. The molecule has 0 bridgehead atoms. The first-order valence-corrected chi connectivity index (χ1v) is 6.52. The number of aliphatic carboxylic acids is 1. The third kappa shape index (κ3) is 4.19. The monoisotopic (exact) mass is 272 g/mol. The van der Waals surface area contributed by atoms with Crippen molar-refractivity contribution in [3.05, 3.63) is 71.8 Å². The average molecular weight is 272 g/mol. The number of rotatable bonds is 5. The molecular formula is C15H12O3S. The molecule has 0 saturated heterocycles. The molecular weight excluding hydrogens is 260 g/mol. The maximum Gasteiger partial charge on any atom is 0.372 e. The minimum Gasteiger partial charge on any atom is -0.475 e. The van der Waals surface area contributed by atoms with Gasteiger partial charge in [0.05, 0.1) is 0 Å². The van der Waals surface area contributed by atoms with Crippen LogP contribution in [0.5, 0.6) is 5.75 Å². The van der Waals surface area contributed by atoms with Gasteiger partial charge in [-0.25, -0.2) is 4.79 Å². The number of hydrogen-bond acceptors (Lipinski definition) is 3. The van der Waals surface area contributed by atoms with E-state index in [2.05, 4.69) is 0 Å². The maximum atomic E-state index is 11.1. The van der Waals surface area contributed by atoms with Crippen molar-refractivity contribution in [1.29, 1.82) is 0 Å². The number of carboxylic acid groups (broad SMARTS) is 1. The van der Waals surface area contributed by atoms with Gasteiger partial charge in [-0.2, -0.15) is 0 Å². The van der Waals surface area contributed by atoms with E-state index in [-0.39, 0.29) is 5.76 Å². The van der Waals surface area contributed by atoms with E-state index in [0.29, 0.717) is 5.75 Å². The zero-order chi connectivity index (χ0) is 13.5. The first kappa shape index (κ1) is 13.2. The van der Waals surface area contributed by atoms with Crippen molar-refractivity contribution in [3.63, 3.8) is 0 Å². The highest BCUT2D eigenvalue weighted by Gasteiger charge is 2.10. The Morgan fingerprint density at radius 2 is 1.58 bits per heavy atom. The number of benzene rings is 2. The van der Waals surface area contributed by atoms with Crippen LogP contribution in [0.15, 0.2) is 76.7 Å². The van der Waals surface area contributed by atoms with Crippen molar-refractivity contribution < 1.29 is 14.6 Å². The molecule has 4 heteroatoms. The van der Waals surface area contributed by atoms with Gasteiger partial charge in [-0.15, -0.1) is 0 Å². The van der Waals surface area contributed by atoms with Gasteiger partial charge in [-0.3, -0.25) is 0 Å². The Bertz CT molecular complexity index is 564. The molecule has 0 aliphatic heterocycles. The second-order valence-electron chi connectivity index (χ2n) is 3.63. The summed E-state index contributed by atoms with van der Waals surface area (Å²) >= 11 is 1.31. The first-order valence-electron chi connectivity index (χ1n) is 5.64. The lowest BCUT2D eigenvalue weighted by atomic mass is 10.3. The summed E-state index contributed by atoms with van der Waals surface area (Å²) in [5.41, 5.74) is 0. The number of thioether (sulfide) groups is 1. The van der Waals surface area contributed by atoms with Gasteiger partial charge >= 0.3 is 5.97 Å². The van der Waals surface area contributed by atoms with Crippen LogP contribution < -0.4 is 4.74 Å². The molecule has 2 aromatic carbocycles. The summed E-state index contributed by atoms with van der Waals surface area (Å²) in [6, 6.07) is 18.4. The van der Waals surface area contributed by atoms with Gasteiger partial charge in [-0.05, 0) is 24.3 Å². The topological polar surface area (TPSA) is 46.5 Å². The van der Waals surface area contributed by atoms with Gasteiger partial charge in [-0.1, -0.05) is 48.2 Å². The van der Waals surface area contributed by atoms with Crippen LogP contribution in [-0.2, 0) is 4.79 Å². The van der Waals surface area contributed by atoms with E-state index in [1.807, 2.05) is 36.4 Å². The van der Waals surface area contributed by atoms with E-state index in [9.17, 15) is 4.79 Å². The summed E-state index contributed by atoms with van der Waals surface area (Å²) < 4.78 is 5.34. The molecule has 3 nitrogen and oxygen atoms in total. The second-order valence-corrected chi connectivity index (χ2v) is 4.58. The fraction of sp³-hybridized carbons (Fsp3) is 0. The molecule has 0 aromatic heterocycles. The Balaban J connectivity index is 2.10. The van der Waals surface area contributed by atoms with Gasteiger partial charge in [0, 0.05) is 10.3 Å². The number of para-hydroxylation sites is 1. The Hall–Kier alpha value is -2.20. The average Bonchev–Trinajstić information content (AvgIpc) is 2.45. The highest BCUT2D eigenvalue weighted by Crippen LogP contribution is 2.22. The number of carbonyl (C=O) groups is 1. The van der Waals surface area contributed by atoms with Crippen molar-refractivity contribution >= 4 is 17.7 Å². The van der Waals surface area contributed by atoms with E-state index in [4.69, 9.17) is 9.84 Å². The molecule has 0 unspecified atom stereocenters. The SMILES string of the molecule is O=C(O)/C(=C\Sc1ccccc1)Oc1ccccc1. The highest BCUT2D eigenvalue weighted by atomic mass is 32.2. The fourth-order valence-corrected chi connectivity index (χ4v) is 2.06. The van der Waals surface area contributed by atoms with Crippen molar-refractivity contribution in [2.24, 2.45) is 0 Å². The first-order chi connectivity index (χ1) is 9.25. The molecule has 96 valence electrons. The molecule has 19 heavy (non-hydrogen) atoms. The van der Waals surface area contributed by atoms with Crippen LogP contribution in [0.25, 0.3) is 0 Å². The summed E-state index contributed by atoms with van der Waals surface area (Å²) in [6.45, 7) is 0. The Morgan fingerprint density at radius 3 is 2.16 bits per heavy atom. The number of ether oxygens (including phenoxy) is 1. The third-order valence-corrected chi connectivity index (χ3v) is 3.10. The Morgan fingerprint density at radius 1 is 1.00 bits per heavy atom. The van der Waals surface area contributed by atoms with Gasteiger partial charge in [0.15, 0.2) is 0 Å². The largest absolute Gasteiger partial charge is 0.475 e. The van der Waals surface area contributed by atoms with Crippen LogP contribution in [0, 0.1) is 0 Å². The highest BCUT2D eigenvalue weighted by molar-refractivity contribution is 8.02. The van der Waals surface area contributed by atoms with Crippen LogP contribution in [0.1, 0.15) is 0 Å². The quantitative estimate of drug-likeness (QED) is 0.511. The summed E-state index contributed by atoms with van der Waals surface area (Å²) in [6.07, 6.45) is 0. The van der Waals surface area contributed by atoms with Crippen LogP contribution in [0.2, 0.25) is 0 Å². The molecule has 0 radical (unpaired) electrons. The minimum absolute atomic E-state index is 0.0972. The van der Waals surface area contributed by atoms with Gasteiger partial charge in [0.25, 0.3) is 0 Å². The maximum absolute atomic E-state index is 11.1. The van der Waals surface area contributed by atoms with Gasteiger partial charge < -0.3 is 9.84 Å². The summed E-state index contributed by atoms with van der Waals surface area (Å²) in [4.78, 5) is 12.1. The third-order valence-electron chi connectivity index (χ3n) is 2.23. The van der Waals surface area contributed by atoms with E-state index >= 15 is 0 Å². The number of hydrogen-bond donors (Lipinski definition) is 1. The van der Waals surface area contributed by atoms with Crippen molar-refractivity contribution in [1.82, 2.24) is 0 Å². The summed E-state index contributed by atoms with van der Waals surface area (Å²) in [7, 11) is 0. The normalized spacial score (nSPS) is 11.1. The van der Waals surface area contributed by atoms with Gasteiger partial charge in [0.2, 0.25) is 5.76 Å². The Kier molecular flexibility index (Phi) is 4.64. The molecule has 0 atom stereocenters. The molecule has 0 heterocycles. The van der Waals surface area contributed by atoms with Crippen LogP contribution >= 0.6 is 11.8 Å². The smallest absolute Gasteiger partial charge is 0.372 e. The van der Waals surface area contributed by atoms with Gasteiger partial charge in [0.1, 0.15) is 5.75 Å². The minimum atomic E-state index is -1.09. The zero-order valence-electron chi connectivity index (χ0n) is 10.0. The predicted octanol–water partition coefficient (Wildman–Crippen LogP) is 3.78. The van der Waals surface area contributed by atoms with E-state index in [1.165, 1.54) is 17.2 Å². The van der Waals surface area contributed by atoms with Crippen LogP contribution in [-0.4, -0.2) is 11.1 Å². The zero-order valence-corrected chi connectivity index (χ0v) is 10.8. The molecule has 1 N–H and O–H groups in total. The lowest BCUT2D eigenvalue weighted by Crippen LogP contribution is -2.07. The standard InChI is InChI=1S/C15H12O3S/c16-15(17)14(18-12-7-3-1-4-8-12)11-19-13-9-5-2-6-10-13/h1-11H,(H,16,17)/b14-11+. The molecule has 2 aromatic rings. The molecule has 0 amide bonds. The second kappa shape index (κ2) is 6.66. The van der Waals surface area contributed by atoms with Crippen molar-refractivity contribution in [2.45, 2.75) is 4.90 Å². The lowest BCUT2D eigenvalue weighted by Gasteiger charge is -2.05. The van der Waals surface area contributed by atoms with Crippen LogP contribution in [0.3, 0.4) is 0 Å². The summed E-state index contributed by atoms with van der Waals surface area (Å²) in [5.74, 6) is -0.683. The molecule has 2 rings (SSSR count). The summed E-state index contributed by atoms with van der Waals surface area (Å²) in [5, 5.41) is 10.6. The van der Waals surface area contributed by atoms with E-state index in [0.717, 1.165) is 4.90 Å². The molecule has 0 spiro atoms. The molecule has 0 aliphatic carbocycles. The molecule has 0 fully saturated rings. The van der Waals surface area contributed by atoms with Crippen molar-refractivity contribution in [3.8, 4) is 5.75 Å². The Labute approximate surface area is 115 Å². The van der Waals surface area contributed by atoms with Crippen molar-refractivity contribution in [2.75, 3.05) is 0 Å². The molecule has 0 saturated carbocycles. The fourth-order valence-electron chi connectivity index (χ4n) is 1.35.